The van der Waals surface area contributed by atoms with Crippen LogP contribution in [0.3, 0.4) is 0 Å². The van der Waals surface area contributed by atoms with Gasteiger partial charge in [-0.05, 0) is 47.6 Å². The largest absolute Gasteiger partial charge is 0.368 e. The van der Waals surface area contributed by atoms with Gasteiger partial charge in [-0.25, -0.2) is 0 Å². The third-order valence-electron chi connectivity index (χ3n) is 4.71. The van der Waals surface area contributed by atoms with E-state index >= 15 is 0 Å². The molecule has 0 amide bonds. The molecule has 3 heteroatoms. The molecule has 1 saturated heterocycles. The summed E-state index contributed by atoms with van der Waals surface area (Å²) in [6.45, 7) is 17.4. The Balaban J connectivity index is 2.82. The van der Waals surface area contributed by atoms with Crippen molar-refractivity contribution >= 4 is 0 Å². The lowest BCUT2D eigenvalue weighted by molar-refractivity contribution is -0.0790. The fourth-order valence-electron chi connectivity index (χ4n) is 3.20. The number of hydrogen-bond donors (Lipinski definition) is 1. The summed E-state index contributed by atoms with van der Waals surface area (Å²) in [6.07, 6.45) is 1.18. The molecule has 0 spiro atoms. The number of ether oxygens (including phenoxy) is 1. The standard InChI is InChI=1S/C15H32N2O/c1-8-11(3)17(9-2)10-12-13(16)15(6,7)18-14(12,4)5/h11-13H,8-10,16H2,1-7H3. The Hall–Kier alpha value is -0.120. The zero-order valence-corrected chi connectivity index (χ0v) is 13.3. The smallest absolute Gasteiger partial charge is 0.0788 e. The third kappa shape index (κ3) is 3.06. The number of hydrogen-bond acceptors (Lipinski definition) is 3. The van der Waals surface area contributed by atoms with Crippen LogP contribution in [0.2, 0.25) is 0 Å². The fourth-order valence-corrected chi connectivity index (χ4v) is 3.20. The Bertz CT molecular complexity index is 276. The molecule has 3 nitrogen and oxygen atoms in total. The molecular formula is C15H32N2O. The van der Waals surface area contributed by atoms with E-state index < -0.39 is 0 Å². The summed E-state index contributed by atoms with van der Waals surface area (Å²) in [7, 11) is 0. The van der Waals surface area contributed by atoms with Crippen LogP contribution in [0.4, 0.5) is 0 Å². The Kier molecular flexibility index (Phi) is 4.85. The topological polar surface area (TPSA) is 38.5 Å². The van der Waals surface area contributed by atoms with Crippen molar-refractivity contribution in [3.05, 3.63) is 0 Å². The molecule has 18 heavy (non-hydrogen) atoms. The van der Waals surface area contributed by atoms with Crippen molar-refractivity contribution in [3.8, 4) is 0 Å². The lowest BCUT2D eigenvalue weighted by Gasteiger charge is -2.35. The molecule has 1 aliphatic heterocycles. The first kappa shape index (κ1) is 15.9. The van der Waals surface area contributed by atoms with Gasteiger partial charge in [-0.15, -0.1) is 0 Å². The van der Waals surface area contributed by atoms with Gasteiger partial charge in [0.05, 0.1) is 11.2 Å². The van der Waals surface area contributed by atoms with Crippen molar-refractivity contribution in [2.24, 2.45) is 11.7 Å². The summed E-state index contributed by atoms with van der Waals surface area (Å²) in [5, 5.41) is 0. The molecule has 0 radical (unpaired) electrons. The second-order valence-corrected chi connectivity index (χ2v) is 6.79. The highest BCUT2D eigenvalue weighted by Gasteiger charge is 2.52. The molecular weight excluding hydrogens is 224 g/mol. The van der Waals surface area contributed by atoms with Crippen LogP contribution in [0.25, 0.3) is 0 Å². The Morgan fingerprint density at radius 3 is 2.06 bits per heavy atom. The first-order valence-electron chi connectivity index (χ1n) is 7.35. The molecule has 3 unspecified atom stereocenters. The summed E-state index contributed by atoms with van der Waals surface area (Å²) in [4.78, 5) is 2.52. The third-order valence-corrected chi connectivity index (χ3v) is 4.71. The van der Waals surface area contributed by atoms with E-state index in [0.717, 1.165) is 13.1 Å². The van der Waals surface area contributed by atoms with Crippen LogP contribution in [0.1, 0.15) is 54.9 Å². The predicted molar refractivity (Wildman–Crippen MR) is 77.7 cm³/mol. The minimum atomic E-state index is -0.219. The highest BCUT2D eigenvalue weighted by Crippen LogP contribution is 2.41. The summed E-state index contributed by atoms with van der Waals surface area (Å²) < 4.78 is 6.17. The second kappa shape index (κ2) is 5.48. The maximum atomic E-state index is 6.43. The van der Waals surface area contributed by atoms with E-state index in [1.807, 2.05) is 0 Å². The maximum absolute atomic E-state index is 6.43. The van der Waals surface area contributed by atoms with Crippen LogP contribution in [-0.4, -0.2) is 41.3 Å². The Labute approximate surface area is 113 Å². The van der Waals surface area contributed by atoms with Gasteiger partial charge in [0.15, 0.2) is 0 Å². The van der Waals surface area contributed by atoms with Crippen LogP contribution in [-0.2, 0) is 4.74 Å². The Morgan fingerprint density at radius 2 is 1.72 bits per heavy atom. The minimum Gasteiger partial charge on any atom is -0.368 e. The van der Waals surface area contributed by atoms with Crippen molar-refractivity contribution in [1.29, 1.82) is 0 Å². The van der Waals surface area contributed by atoms with E-state index in [4.69, 9.17) is 10.5 Å². The van der Waals surface area contributed by atoms with Crippen molar-refractivity contribution in [2.75, 3.05) is 13.1 Å². The van der Waals surface area contributed by atoms with Gasteiger partial charge in [-0.2, -0.15) is 0 Å². The van der Waals surface area contributed by atoms with Gasteiger partial charge in [0.2, 0.25) is 0 Å². The molecule has 0 aromatic heterocycles. The molecule has 1 heterocycles. The highest BCUT2D eigenvalue weighted by atomic mass is 16.5. The molecule has 0 saturated carbocycles. The second-order valence-electron chi connectivity index (χ2n) is 6.79. The first-order chi connectivity index (χ1) is 8.15. The summed E-state index contributed by atoms with van der Waals surface area (Å²) in [5.74, 6) is 0.390. The van der Waals surface area contributed by atoms with Gasteiger partial charge >= 0.3 is 0 Å². The van der Waals surface area contributed by atoms with Crippen LogP contribution in [0.5, 0.6) is 0 Å². The average Bonchev–Trinajstić information content (AvgIpc) is 2.41. The molecule has 0 aromatic carbocycles. The fraction of sp³-hybridized carbons (Fsp3) is 1.00. The molecule has 0 aromatic rings. The monoisotopic (exact) mass is 256 g/mol. The number of nitrogens with zero attached hydrogens (tertiary/aromatic N) is 1. The number of rotatable bonds is 5. The lowest BCUT2D eigenvalue weighted by atomic mass is 9.82. The van der Waals surface area contributed by atoms with E-state index in [0.29, 0.717) is 12.0 Å². The first-order valence-corrected chi connectivity index (χ1v) is 7.35. The molecule has 1 fully saturated rings. The van der Waals surface area contributed by atoms with Crippen LogP contribution >= 0.6 is 0 Å². The van der Waals surface area contributed by atoms with Gasteiger partial charge < -0.3 is 15.4 Å². The molecule has 2 N–H and O–H groups in total. The van der Waals surface area contributed by atoms with E-state index in [1.54, 1.807) is 0 Å². The molecule has 0 bridgehead atoms. The minimum absolute atomic E-state index is 0.102. The van der Waals surface area contributed by atoms with Gasteiger partial charge in [-0.1, -0.05) is 13.8 Å². The van der Waals surface area contributed by atoms with Gasteiger partial charge in [-0.3, -0.25) is 0 Å². The lowest BCUT2D eigenvalue weighted by Crippen LogP contribution is -2.49. The number of nitrogens with two attached hydrogens (primary N) is 1. The quantitative estimate of drug-likeness (QED) is 0.822. The van der Waals surface area contributed by atoms with Crippen LogP contribution < -0.4 is 5.73 Å². The summed E-state index contributed by atoms with van der Waals surface area (Å²) in [5.41, 5.74) is 6.07. The zero-order valence-electron chi connectivity index (χ0n) is 13.3. The normalized spacial score (nSPS) is 31.8. The molecule has 0 aliphatic carbocycles. The van der Waals surface area contributed by atoms with E-state index in [2.05, 4.69) is 53.4 Å². The van der Waals surface area contributed by atoms with Crippen molar-refractivity contribution in [2.45, 2.75) is 78.2 Å². The van der Waals surface area contributed by atoms with Gasteiger partial charge in [0, 0.05) is 24.5 Å². The summed E-state index contributed by atoms with van der Waals surface area (Å²) in [6, 6.07) is 0.715. The SMILES string of the molecule is CCC(C)N(CC)CC1C(N)C(C)(C)OC1(C)C. The highest BCUT2D eigenvalue weighted by molar-refractivity contribution is 5.04. The summed E-state index contributed by atoms with van der Waals surface area (Å²) >= 11 is 0. The Morgan fingerprint density at radius 1 is 1.17 bits per heavy atom. The maximum Gasteiger partial charge on any atom is 0.0788 e. The molecule has 1 rings (SSSR count). The predicted octanol–water partition coefficient (Wildman–Crippen LogP) is 2.64. The van der Waals surface area contributed by atoms with Crippen molar-refractivity contribution in [3.63, 3.8) is 0 Å². The van der Waals surface area contributed by atoms with Gasteiger partial charge in [0.1, 0.15) is 0 Å². The van der Waals surface area contributed by atoms with E-state index in [1.165, 1.54) is 6.42 Å². The molecule has 3 atom stereocenters. The van der Waals surface area contributed by atoms with Crippen LogP contribution in [0.15, 0.2) is 0 Å². The van der Waals surface area contributed by atoms with Crippen LogP contribution in [0, 0.1) is 5.92 Å². The van der Waals surface area contributed by atoms with Crippen molar-refractivity contribution in [1.82, 2.24) is 4.90 Å². The average molecular weight is 256 g/mol. The van der Waals surface area contributed by atoms with E-state index in [9.17, 15) is 0 Å². The zero-order chi connectivity index (χ0) is 14.1. The molecule has 1 aliphatic rings. The van der Waals surface area contributed by atoms with Crippen molar-refractivity contribution < 1.29 is 4.74 Å². The van der Waals surface area contributed by atoms with E-state index in [-0.39, 0.29) is 17.2 Å². The van der Waals surface area contributed by atoms with Gasteiger partial charge in [0.25, 0.3) is 0 Å². The molecule has 108 valence electrons.